The van der Waals surface area contributed by atoms with Crippen LogP contribution in [0.1, 0.15) is 30.1 Å². The van der Waals surface area contributed by atoms with Gasteiger partial charge in [-0.05, 0) is 49.5 Å². The van der Waals surface area contributed by atoms with E-state index in [4.69, 9.17) is 4.74 Å². The molecule has 0 aliphatic carbocycles. The number of benzene rings is 1. The molecule has 1 fully saturated rings. The van der Waals surface area contributed by atoms with Gasteiger partial charge in [-0.1, -0.05) is 13.0 Å². The van der Waals surface area contributed by atoms with Gasteiger partial charge in [0.15, 0.2) is 0 Å². The second-order valence-corrected chi connectivity index (χ2v) is 8.43. The summed E-state index contributed by atoms with van der Waals surface area (Å²) < 4.78 is 31.7. The molecule has 0 saturated carbocycles. The van der Waals surface area contributed by atoms with Gasteiger partial charge in [0.1, 0.15) is 0 Å². The quantitative estimate of drug-likeness (QED) is 0.564. The Morgan fingerprint density at radius 3 is 2.65 bits per heavy atom. The van der Waals surface area contributed by atoms with E-state index in [1.807, 2.05) is 0 Å². The standard InChI is InChI=1S/C17H27N3O4S.ClH/c1-17(6-8-18-9-7-17)13-19-16(21)14-4-3-5-15(12-14)25(22,23)20-10-11-24-2;/h3-5,12,18,20H,6-11,13H2,1-2H3,(H,19,21);1H. The number of halogens is 1. The molecule has 1 aromatic carbocycles. The van der Waals surface area contributed by atoms with Gasteiger partial charge in [-0.2, -0.15) is 0 Å². The molecule has 148 valence electrons. The van der Waals surface area contributed by atoms with Gasteiger partial charge in [0.25, 0.3) is 5.91 Å². The predicted octanol–water partition coefficient (Wildman–Crippen LogP) is 1.15. The Morgan fingerprint density at radius 1 is 1.31 bits per heavy atom. The van der Waals surface area contributed by atoms with Crippen LogP contribution < -0.4 is 15.4 Å². The Labute approximate surface area is 161 Å². The number of methoxy groups -OCH3 is 1. The van der Waals surface area contributed by atoms with Crippen molar-refractivity contribution in [1.29, 1.82) is 0 Å². The van der Waals surface area contributed by atoms with Crippen molar-refractivity contribution in [2.45, 2.75) is 24.7 Å². The number of amides is 1. The third kappa shape index (κ3) is 6.51. The van der Waals surface area contributed by atoms with Gasteiger partial charge in [0.2, 0.25) is 10.0 Å². The summed E-state index contributed by atoms with van der Waals surface area (Å²) in [6, 6.07) is 6.07. The monoisotopic (exact) mass is 405 g/mol. The lowest BCUT2D eigenvalue weighted by Gasteiger charge is -2.34. The molecular formula is C17H28ClN3O4S. The number of hydrogen-bond acceptors (Lipinski definition) is 5. The average molecular weight is 406 g/mol. The van der Waals surface area contributed by atoms with Gasteiger partial charge in [0.05, 0.1) is 11.5 Å². The van der Waals surface area contributed by atoms with E-state index in [2.05, 4.69) is 22.3 Å². The van der Waals surface area contributed by atoms with Crippen LogP contribution in [0.4, 0.5) is 0 Å². The minimum absolute atomic E-state index is 0. The first-order valence-electron chi connectivity index (χ1n) is 8.44. The van der Waals surface area contributed by atoms with Gasteiger partial charge in [-0.3, -0.25) is 4.79 Å². The highest BCUT2D eigenvalue weighted by Crippen LogP contribution is 2.26. The van der Waals surface area contributed by atoms with Gasteiger partial charge in [-0.25, -0.2) is 13.1 Å². The van der Waals surface area contributed by atoms with E-state index >= 15 is 0 Å². The van der Waals surface area contributed by atoms with E-state index in [0.29, 0.717) is 12.1 Å². The normalized spacial score (nSPS) is 16.5. The molecule has 9 heteroatoms. The van der Waals surface area contributed by atoms with Crippen molar-refractivity contribution in [2.75, 3.05) is 39.9 Å². The molecule has 1 aromatic rings. The van der Waals surface area contributed by atoms with E-state index < -0.39 is 10.0 Å². The van der Waals surface area contributed by atoms with E-state index in [1.165, 1.54) is 19.2 Å². The number of piperidine rings is 1. The Balaban J connectivity index is 0.00000338. The van der Waals surface area contributed by atoms with Crippen molar-refractivity contribution in [1.82, 2.24) is 15.4 Å². The van der Waals surface area contributed by atoms with E-state index in [-0.39, 0.29) is 41.8 Å². The summed E-state index contributed by atoms with van der Waals surface area (Å²) in [5.41, 5.74) is 0.416. The smallest absolute Gasteiger partial charge is 0.251 e. The summed E-state index contributed by atoms with van der Waals surface area (Å²) in [4.78, 5) is 12.5. The molecule has 7 nitrogen and oxygen atoms in total. The molecule has 3 N–H and O–H groups in total. The molecular weight excluding hydrogens is 378 g/mol. The fraction of sp³-hybridized carbons (Fsp3) is 0.588. The third-order valence-electron chi connectivity index (χ3n) is 4.49. The van der Waals surface area contributed by atoms with E-state index in [1.54, 1.807) is 12.1 Å². The zero-order chi connectivity index (χ0) is 18.3. The second-order valence-electron chi connectivity index (χ2n) is 6.66. The van der Waals surface area contributed by atoms with Crippen LogP contribution >= 0.6 is 12.4 Å². The Bertz CT molecular complexity index is 691. The number of rotatable bonds is 8. The SMILES string of the molecule is COCCNS(=O)(=O)c1cccc(C(=O)NCC2(C)CCNCC2)c1.Cl. The van der Waals surface area contributed by atoms with Crippen LogP contribution in [0, 0.1) is 5.41 Å². The number of carbonyl (C=O) groups excluding carboxylic acids is 1. The maximum Gasteiger partial charge on any atom is 0.251 e. The Morgan fingerprint density at radius 2 is 2.00 bits per heavy atom. The Hall–Kier alpha value is -1.19. The van der Waals surface area contributed by atoms with E-state index in [9.17, 15) is 13.2 Å². The molecule has 1 aliphatic rings. The highest BCUT2D eigenvalue weighted by molar-refractivity contribution is 7.89. The molecule has 2 rings (SSSR count). The first-order chi connectivity index (χ1) is 11.9. The van der Waals surface area contributed by atoms with Crippen molar-refractivity contribution in [3.63, 3.8) is 0 Å². The molecule has 0 spiro atoms. The average Bonchev–Trinajstić information content (AvgIpc) is 2.61. The van der Waals surface area contributed by atoms with Gasteiger partial charge >= 0.3 is 0 Å². The van der Waals surface area contributed by atoms with Crippen LogP contribution in [0.15, 0.2) is 29.2 Å². The lowest BCUT2D eigenvalue weighted by atomic mass is 9.81. The molecule has 1 amide bonds. The van der Waals surface area contributed by atoms with Crippen LogP contribution in [-0.4, -0.2) is 54.2 Å². The van der Waals surface area contributed by atoms with Crippen LogP contribution in [0.25, 0.3) is 0 Å². The number of ether oxygens (including phenoxy) is 1. The molecule has 1 saturated heterocycles. The number of sulfonamides is 1. The van der Waals surface area contributed by atoms with Crippen molar-refractivity contribution in [3.05, 3.63) is 29.8 Å². The number of nitrogens with one attached hydrogen (secondary N) is 3. The second kappa shape index (κ2) is 10.2. The van der Waals surface area contributed by atoms with Crippen LogP contribution in [-0.2, 0) is 14.8 Å². The van der Waals surface area contributed by atoms with Crippen molar-refractivity contribution in [2.24, 2.45) is 5.41 Å². The van der Waals surface area contributed by atoms with Gasteiger partial charge < -0.3 is 15.4 Å². The molecule has 26 heavy (non-hydrogen) atoms. The minimum atomic E-state index is -3.65. The molecule has 1 aliphatic heterocycles. The molecule has 0 radical (unpaired) electrons. The highest BCUT2D eigenvalue weighted by Gasteiger charge is 2.27. The predicted molar refractivity (Wildman–Crippen MR) is 103 cm³/mol. The van der Waals surface area contributed by atoms with Gasteiger partial charge in [-0.15, -0.1) is 12.4 Å². The first-order valence-corrected chi connectivity index (χ1v) is 9.92. The van der Waals surface area contributed by atoms with Crippen LogP contribution in [0.2, 0.25) is 0 Å². The topological polar surface area (TPSA) is 96.5 Å². The molecule has 1 heterocycles. The fourth-order valence-corrected chi connectivity index (χ4v) is 3.83. The van der Waals surface area contributed by atoms with Crippen molar-refractivity contribution in [3.8, 4) is 0 Å². The fourth-order valence-electron chi connectivity index (χ4n) is 2.77. The first kappa shape index (κ1) is 22.9. The summed E-state index contributed by atoms with van der Waals surface area (Å²) >= 11 is 0. The molecule has 0 aromatic heterocycles. The van der Waals surface area contributed by atoms with Crippen LogP contribution in [0.3, 0.4) is 0 Å². The molecule has 0 unspecified atom stereocenters. The number of hydrogen-bond donors (Lipinski definition) is 3. The Kier molecular flexibility index (Phi) is 8.99. The summed E-state index contributed by atoms with van der Waals surface area (Å²) in [6.45, 7) is 5.11. The van der Waals surface area contributed by atoms with E-state index in [0.717, 1.165) is 25.9 Å². The number of carbonyl (C=O) groups is 1. The highest BCUT2D eigenvalue weighted by atomic mass is 35.5. The maximum absolute atomic E-state index is 12.4. The van der Waals surface area contributed by atoms with Crippen LogP contribution in [0.5, 0.6) is 0 Å². The minimum Gasteiger partial charge on any atom is -0.383 e. The zero-order valence-corrected chi connectivity index (χ0v) is 16.8. The summed E-state index contributed by atoms with van der Waals surface area (Å²) in [7, 11) is -2.15. The lowest BCUT2D eigenvalue weighted by molar-refractivity contribution is 0.0922. The maximum atomic E-state index is 12.4. The molecule has 0 atom stereocenters. The molecule has 0 bridgehead atoms. The lowest BCUT2D eigenvalue weighted by Crippen LogP contribution is -2.42. The third-order valence-corrected chi connectivity index (χ3v) is 5.95. The summed E-state index contributed by atoms with van der Waals surface area (Å²) in [5.74, 6) is -0.256. The largest absolute Gasteiger partial charge is 0.383 e. The summed E-state index contributed by atoms with van der Waals surface area (Å²) in [6.07, 6.45) is 2.01. The van der Waals surface area contributed by atoms with Gasteiger partial charge in [0, 0.05) is 25.8 Å². The van der Waals surface area contributed by atoms with Crippen molar-refractivity contribution < 1.29 is 17.9 Å². The summed E-state index contributed by atoms with van der Waals surface area (Å²) in [5, 5.41) is 6.25. The van der Waals surface area contributed by atoms with Crippen molar-refractivity contribution >= 4 is 28.3 Å². The zero-order valence-electron chi connectivity index (χ0n) is 15.2.